The maximum Gasteiger partial charge on any atom is 0.240 e. The van der Waals surface area contributed by atoms with E-state index in [9.17, 15) is 16.8 Å². The van der Waals surface area contributed by atoms with Crippen LogP contribution in [0.1, 0.15) is 5.56 Å². The maximum absolute atomic E-state index is 12.0. The highest BCUT2D eigenvalue weighted by molar-refractivity contribution is 7.89. The standard InChI is InChI=1S/C14H16N2O4S2/c15-12-3-7-14(8-4-12)22(19,20)16-10-9-11-1-5-13(6-2-11)21(17)18/h1-8,16,21H,9-10,15H2. The van der Waals surface area contributed by atoms with Crippen LogP contribution < -0.4 is 10.5 Å². The highest BCUT2D eigenvalue weighted by Crippen LogP contribution is 2.11. The van der Waals surface area contributed by atoms with Gasteiger partial charge in [0.2, 0.25) is 10.0 Å². The Morgan fingerprint density at radius 2 is 1.55 bits per heavy atom. The quantitative estimate of drug-likeness (QED) is 0.532. The number of nitrogens with one attached hydrogen (secondary N) is 1. The lowest BCUT2D eigenvalue weighted by molar-refractivity contribution is 0.581. The Kier molecular flexibility index (Phi) is 5.17. The summed E-state index contributed by atoms with van der Waals surface area (Å²) < 4.78 is 48.1. The molecule has 2 rings (SSSR count). The van der Waals surface area contributed by atoms with Gasteiger partial charge in [-0.15, -0.1) is 0 Å². The van der Waals surface area contributed by atoms with Crippen molar-refractivity contribution in [3.05, 3.63) is 54.1 Å². The molecular formula is C14H16N2O4S2. The van der Waals surface area contributed by atoms with Gasteiger partial charge in [-0.2, -0.15) is 0 Å². The third-order valence-electron chi connectivity index (χ3n) is 3.04. The lowest BCUT2D eigenvalue weighted by atomic mass is 10.2. The number of thiol groups is 1. The first-order valence-corrected chi connectivity index (χ1v) is 9.13. The van der Waals surface area contributed by atoms with Gasteiger partial charge >= 0.3 is 0 Å². The summed E-state index contributed by atoms with van der Waals surface area (Å²) in [5, 5.41) is 0. The minimum atomic E-state index is -3.57. The van der Waals surface area contributed by atoms with Gasteiger partial charge in [0.15, 0.2) is 10.7 Å². The van der Waals surface area contributed by atoms with Crippen molar-refractivity contribution in [1.29, 1.82) is 0 Å². The number of nitrogens with two attached hydrogens (primary N) is 1. The zero-order valence-corrected chi connectivity index (χ0v) is 13.3. The minimum Gasteiger partial charge on any atom is -0.399 e. The second-order valence-corrected chi connectivity index (χ2v) is 7.44. The van der Waals surface area contributed by atoms with Crippen molar-refractivity contribution in [2.24, 2.45) is 0 Å². The second-order valence-electron chi connectivity index (χ2n) is 4.64. The van der Waals surface area contributed by atoms with Crippen molar-refractivity contribution < 1.29 is 16.8 Å². The van der Waals surface area contributed by atoms with E-state index in [1.54, 1.807) is 12.1 Å². The highest BCUT2D eigenvalue weighted by Gasteiger charge is 2.12. The lowest BCUT2D eigenvalue weighted by Gasteiger charge is -2.07. The number of hydrogen-bond acceptors (Lipinski definition) is 5. The van der Waals surface area contributed by atoms with Crippen molar-refractivity contribution in [3.63, 3.8) is 0 Å². The van der Waals surface area contributed by atoms with Crippen LogP contribution in [-0.2, 0) is 27.1 Å². The molecule has 2 aromatic rings. The molecule has 22 heavy (non-hydrogen) atoms. The highest BCUT2D eigenvalue weighted by atomic mass is 32.2. The van der Waals surface area contributed by atoms with Crippen molar-refractivity contribution in [2.45, 2.75) is 16.2 Å². The van der Waals surface area contributed by atoms with Crippen LogP contribution in [-0.4, -0.2) is 23.4 Å². The molecular weight excluding hydrogens is 324 g/mol. The molecule has 0 unspecified atom stereocenters. The number of sulfonamides is 1. The van der Waals surface area contributed by atoms with Crippen LogP contribution in [0.15, 0.2) is 58.3 Å². The van der Waals surface area contributed by atoms with Crippen LogP contribution >= 0.6 is 0 Å². The third-order valence-corrected chi connectivity index (χ3v) is 5.24. The zero-order valence-electron chi connectivity index (χ0n) is 11.6. The number of hydrogen-bond donors (Lipinski definition) is 3. The second kappa shape index (κ2) is 6.91. The number of benzene rings is 2. The average Bonchev–Trinajstić information content (AvgIpc) is 2.48. The summed E-state index contributed by atoms with van der Waals surface area (Å²) in [6, 6.07) is 12.3. The van der Waals surface area contributed by atoms with Gasteiger partial charge in [-0.25, -0.2) is 21.6 Å². The van der Waals surface area contributed by atoms with Gasteiger partial charge in [0, 0.05) is 12.2 Å². The smallest absolute Gasteiger partial charge is 0.240 e. The zero-order chi connectivity index (χ0) is 16.2. The Balaban J connectivity index is 1.96. The molecule has 3 N–H and O–H groups in total. The average molecular weight is 340 g/mol. The molecule has 0 heterocycles. The predicted molar refractivity (Wildman–Crippen MR) is 84.8 cm³/mol. The Hall–Kier alpha value is -1.90. The van der Waals surface area contributed by atoms with Crippen molar-refractivity contribution in [2.75, 3.05) is 12.3 Å². The normalized spacial score (nSPS) is 11.7. The number of anilines is 1. The van der Waals surface area contributed by atoms with E-state index in [2.05, 4.69) is 4.72 Å². The molecule has 0 bridgehead atoms. The fourth-order valence-electron chi connectivity index (χ4n) is 1.84. The van der Waals surface area contributed by atoms with E-state index < -0.39 is 20.7 Å². The largest absolute Gasteiger partial charge is 0.399 e. The van der Waals surface area contributed by atoms with E-state index in [1.807, 2.05) is 0 Å². The molecule has 0 radical (unpaired) electrons. The van der Waals surface area contributed by atoms with Crippen molar-refractivity contribution >= 4 is 26.4 Å². The van der Waals surface area contributed by atoms with Crippen LogP contribution in [0.5, 0.6) is 0 Å². The van der Waals surface area contributed by atoms with E-state index in [0.717, 1.165) is 5.56 Å². The molecule has 0 saturated heterocycles. The molecule has 0 aromatic heterocycles. The Bertz CT molecular complexity index is 803. The molecule has 6 nitrogen and oxygen atoms in total. The van der Waals surface area contributed by atoms with Crippen LogP contribution in [0.4, 0.5) is 5.69 Å². The summed E-state index contributed by atoms with van der Waals surface area (Å²) in [6.07, 6.45) is 0.462. The van der Waals surface area contributed by atoms with Crippen molar-refractivity contribution in [3.8, 4) is 0 Å². The minimum absolute atomic E-state index is 0.153. The topological polar surface area (TPSA) is 106 Å². The van der Waals surface area contributed by atoms with Gasteiger partial charge in [0.25, 0.3) is 0 Å². The molecule has 0 saturated carbocycles. The molecule has 0 aliphatic heterocycles. The first-order valence-electron chi connectivity index (χ1n) is 6.47. The SMILES string of the molecule is Nc1ccc(S(=O)(=O)NCCc2ccc([SH](=O)=O)cc2)cc1. The van der Waals surface area contributed by atoms with Crippen molar-refractivity contribution in [1.82, 2.24) is 4.72 Å². The van der Waals surface area contributed by atoms with Gasteiger partial charge in [-0.3, -0.25) is 0 Å². The first kappa shape index (κ1) is 16.5. The Labute approximate surface area is 131 Å². The summed E-state index contributed by atoms with van der Waals surface area (Å²) in [5.41, 5.74) is 6.86. The molecule has 0 fully saturated rings. The number of rotatable bonds is 6. The Morgan fingerprint density at radius 1 is 0.955 bits per heavy atom. The summed E-state index contributed by atoms with van der Waals surface area (Å²) >= 11 is 0. The van der Waals surface area contributed by atoms with E-state index >= 15 is 0 Å². The molecule has 0 aliphatic rings. The summed E-state index contributed by atoms with van der Waals surface area (Å²) in [4.78, 5) is 0.390. The van der Waals surface area contributed by atoms with Crippen LogP contribution in [0.3, 0.4) is 0 Å². The molecule has 2 aromatic carbocycles. The van der Waals surface area contributed by atoms with Crippen LogP contribution in [0.2, 0.25) is 0 Å². The van der Waals surface area contributed by atoms with E-state index in [1.165, 1.54) is 36.4 Å². The molecule has 0 atom stereocenters. The monoisotopic (exact) mass is 340 g/mol. The van der Waals surface area contributed by atoms with E-state index in [-0.39, 0.29) is 16.3 Å². The molecule has 118 valence electrons. The van der Waals surface area contributed by atoms with Crippen LogP contribution in [0, 0.1) is 0 Å². The molecule has 0 amide bonds. The van der Waals surface area contributed by atoms with Gasteiger partial charge in [0.05, 0.1) is 9.79 Å². The van der Waals surface area contributed by atoms with Gasteiger partial charge in [-0.05, 0) is 48.4 Å². The van der Waals surface area contributed by atoms with Gasteiger partial charge in [0.1, 0.15) is 0 Å². The molecule has 0 spiro atoms. The fraction of sp³-hybridized carbons (Fsp3) is 0.143. The number of nitrogen functional groups attached to an aromatic ring is 1. The molecule has 8 heteroatoms. The van der Waals surface area contributed by atoms with E-state index in [0.29, 0.717) is 12.1 Å². The van der Waals surface area contributed by atoms with E-state index in [4.69, 9.17) is 5.73 Å². The Morgan fingerprint density at radius 3 is 2.09 bits per heavy atom. The predicted octanol–water partition coefficient (Wildman–Crippen LogP) is 0.760. The fourth-order valence-corrected chi connectivity index (χ4v) is 3.27. The van der Waals surface area contributed by atoms with Gasteiger partial charge in [-0.1, -0.05) is 12.1 Å². The maximum atomic E-state index is 12.0. The summed E-state index contributed by atoms with van der Waals surface area (Å²) in [6.45, 7) is 0.218. The summed E-state index contributed by atoms with van der Waals surface area (Å²) in [7, 11) is -6.17. The summed E-state index contributed by atoms with van der Waals surface area (Å²) in [5.74, 6) is 0. The third kappa shape index (κ3) is 4.30. The van der Waals surface area contributed by atoms with Crippen LogP contribution in [0.25, 0.3) is 0 Å². The first-order chi connectivity index (χ1) is 10.4. The molecule has 0 aliphatic carbocycles. The van der Waals surface area contributed by atoms with Gasteiger partial charge < -0.3 is 5.73 Å². The lowest BCUT2D eigenvalue weighted by Crippen LogP contribution is -2.26.